The largest absolute Gasteiger partial charge is 0.371 e. The molecule has 1 aliphatic heterocycles. The van der Waals surface area contributed by atoms with Gasteiger partial charge in [0.1, 0.15) is 0 Å². The zero-order valence-electron chi connectivity index (χ0n) is 7.73. The van der Waals surface area contributed by atoms with E-state index in [1.165, 1.54) is 5.56 Å². The number of pyridine rings is 1. The molecule has 2 heterocycles. The Balaban J connectivity index is 2.03. The van der Waals surface area contributed by atoms with Crippen LogP contribution >= 0.6 is 0 Å². The molecule has 13 heavy (non-hydrogen) atoms. The van der Waals surface area contributed by atoms with Crippen molar-refractivity contribution in [2.45, 2.75) is 19.1 Å². The van der Waals surface area contributed by atoms with Crippen LogP contribution in [0.1, 0.15) is 18.6 Å². The Morgan fingerprint density at radius 1 is 1.46 bits per heavy atom. The second-order valence-electron chi connectivity index (χ2n) is 3.41. The smallest absolute Gasteiger partial charge is 0.0951 e. The molecule has 1 fully saturated rings. The molecule has 2 unspecified atom stereocenters. The van der Waals surface area contributed by atoms with Gasteiger partial charge in [-0.15, -0.1) is 0 Å². The van der Waals surface area contributed by atoms with Crippen molar-refractivity contribution in [3.05, 3.63) is 30.1 Å². The highest BCUT2D eigenvalue weighted by Gasteiger charge is 2.18. The molecule has 70 valence electrons. The Labute approximate surface area is 78.1 Å². The molecule has 0 amide bonds. The van der Waals surface area contributed by atoms with Crippen LogP contribution in [-0.2, 0) is 4.74 Å². The van der Waals surface area contributed by atoms with E-state index in [1.807, 2.05) is 12.1 Å². The summed E-state index contributed by atoms with van der Waals surface area (Å²) in [6.45, 7) is 3.81. The Bertz CT molecular complexity index is 255. The van der Waals surface area contributed by atoms with Crippen LogP contribution < -0.4 is 5.32 Å². The van der Waals surface area contributed by atoms with Crippen molar-refractivity contribution in [3.63, 3.8) is 0 Å². The predicted molar refractivity (Wildman–Crippen MR) is 50.4 cm³/mol. The molecule has 0 radical (unpaired) electrons. The third-order valence-corrected chi connectivity index (χ3v) is 2.28. The van der Waals surface area contributed by atoms with Gasteiger partial charge < -0.3 is 10.1 Å². The number of nitrogens with one attached hydrogen (secondary N) is 1. The van der Waals surface area contributed by atoms with Crippen molar-refractivity contribution in [1.82, 2.24) is 10.3 Å². The number of ether oxygens (including phenoxy) is 1. The van der Waals surface area contributed by atoms with E-state index in [0.717, 1.165) is 13.2 Å². The molecule has 0 spiro atoms. The van der Waals surface area contributed by atoms with Crippen LogP contribution in [0.4, 0.5) is 0 Å². The van der Waals surface area contributed by atoms with E-state index in [-0.39, 0.29) is 6.10 Å². The first-order chi connectivity index (χ1) is 6.36. The SMILES string of the molecule is CC1COC(c2ccncc2)CN1. The molecule has 0 saturated carbocycles. The number of morpholine rings is 1. The highest BCUT2D eigenvalue weighted by Crippen LogP contribution is 2.18. The lowest BCUT2D eigenvalue weighted by molar-refractivity contribution is 0.00691. The van der Waals surface area contributed by atoms with E-state index < -0.39 is 0 Å². The maximum absolute atomic E-state index is 5.69. The lowest BCUT2D eigenvalue weighted by atomic mass is 10.1. The van der Waals surface area contributed by atoms with Gasteiger partial charge in [0.2, 0.25) is 0 Å². The van der Waals surface area contributed by atoms with Gasteiger partial charge in [-0.25, -0.2) is 0 Å². The average Bonchev–Trinajstić information content (AvgIpc) is 2.20. The van der Waals surface area contributed by atoms with Gasteiger partial charge in [-0.3, -0.25) is 4.98 Å². The maximum atomic E-state index is 5.69. The molecule has 1 aromatic heterocycles. The standard InChI is InChI=1S/C10H14N2O/c1-8-7-13-10(6-12-8)9-2-4-11-5-3-9/h2-5,8,10,12H,6-7H2,1H3. The molecular formula is C10H14N2O. The number of aromatic nitrogens is 1. The van der Waals surface area contributed by atoms with E-state index >= 15 is 0 Å². The first-order valence-electron chi connectivity index (χ1n) is 4.61. The third-order valence-electron chi connectivity index (χ3n) is 2.28. The number of hydrogen-bond acceptors (Lipinski definition) is 3. The maximum Gasteiger partial charge on any atom is 0.0951 e. The molecule has 1 saturated heterocycles. The molecule has 1 aromatic rings. The minimum absolute atomic E-state index is 0.194. The van der Waals surface area contributed by atoms with Crippen LogP contribution in [0.5, 0.6) is 0 Å². The van der Waals surface area contributed by atoms with Crippen molar-refractivity contribution in [3.8, 4) is 0 Å². The summed E-state index contributed by atoms with van der Waals surface area (Å²) in [7, 11) is 0. The number of hydrogen-bond donors (Lipinski definition) is 1. The molecule has 2 atom stereocenters. The molecule has 3 nitrogen and oxygen atoms in total. The number of nitrogens with zero attached hydrogens (tertiary/aromatic N) is 1. The fraction of sp³-hybridized carbons (Fsp3) is 0.500. The minimum atomic E-state index is 0.194. The second kappa shape index (κ2) is 3.85. The van der Waals surface area contributed by atoms with Crippen molar-refractivity contribution >= 4 is 0 Å². The zero-order valence-corrected chi connectivity index (χ0v) is 7.73. The van der Waals surface area contributed by atoms with Crippen LogP contribution in [0.2, 0.25) is 0 Å². The van der Waals surface area contributed by atoms with E-state index in [0.29, 0.717) is 6.04 Å². The summed E-state index contributed by atoms with van der Waals surface area (Å²) in [6.07, 6.45) is 3.80. The molecule has 3 heteroatoms. The highest BCUT2D eigenvalue weighted by molar-refractivity contribution is 5.14. The first-order valence-corrected chi connectivity index (χ1v) is 4.61. The van der Waals surface area contributed by atoms with Crippen LogP contribution in [0.25, 0.3) is 0 Å². The van der Waals surface area contributed by atoms with Crippen molar-refractivity contribution < 1.29 is 4.74 Å². The summed E-state index contributed by atoms with van der Waals surface area (Å²) < 4.78 is 5.69. The summed E-state index contributed by atoms with van der Waals surface area (Å²) in [5, 5.41) is 3.39. The van der Waals surface area contributed by atoms with Gasteiger partial charge in [-0.1, -0.05) is 0 Å². The fourth-order valence-corrected chi connectivity index (χ4v) is 1.48. The van der Waals surface area contributed by atoms with Gasteiger partial charge in [0.15, 0.2) is 0 Å². The molecule has 0 bridgehead atoms. The normalized spacial score (nSPS) is 28.7. The van der Waals surface area contributed by atoms with Gasteiger partial charge in [0, 0.05) is 25.0 Å². The number of rotatable bonds is 1. The second-order valence-corrected chi connectivity index (χ2v) is 3.41. The van der Waals surface area contributed by atoms with Crippen LogP contribution in [0, 0.1) is 0 Å². The first kappa shape index (κ1) is 8.66. The fourth-order valence-electron chi connectivity index (χ4n) is 1.48. The van der Waals surface area contributed by atoms with Crippen LogP contribution in [-0.4, -0.2) is 24.2 Å². The Morgan fingerprint density at radius 3 is 2.85 bits per heavy atom. The van der Waals surface area contributed by atoms with Crippen molar-refractivity contribution in [2.75, 3.05) is 13.2 Å². The Kier molecular flexibility index (Phi) is 2.57. The third kappa shape index (κ3) is 2.05. The zero-order chi connectivity index (χ0) is 9.10. The van der Waals surface area contributed by atoms with E-state index in [1.54, 1.807) is 12.4 Å². The van der Waals surface area contributed by atoms with Gasteiger partial charge in [0.25, 0.3) is 0 Å². The summed E-state index contributed by atoms with van der Waals surface area (Å²) in [4.78, 5) is 3.98. The molecule has 1 aliphatic rings. The van der Waals surface area contributed by atoms with Crippen LogP contribution in [0.3, 0.4) is 0 Å². The molecule has 0 aliphatic carbocycles. The summed E-state index contributed by atoms with van der Waals surface area (Å²) in [5.74, 6) is 0. The van der Waals surface area contributed by atoms with E-state index in [4.69, 9.17) is 4.74 Å². The molecule has 2 rings (SSSR count). The Hall–Kier alpha value is -0.930. The van der Waals surface area contributed by atoms with Gasteiger partial charge in [-0.2, -0.15) is 0 Å². The predicted octanol–water partition coefficient (Wildman–Crippen LogP) is 1.13. The van der Waals surface area contributed by atoms with Crippen molar-refractivity contribution in [1.29, 1.82) is 0 Å². The van der Waals surface area contributed by atoms with E-state index in [2.05, 4.69) is 17.2 Å². The minimum Gasteiger partial charge on any atom is -0.371 e. The topological polar surface area (TPSA) is 34.1 Å². The van der Waals surface area contributed by atoms with Crippen LogP contribution in [0.15, 0.2) is 24.5 Å². The quantitative estimate of drug-likeness (QED) is 0.700. The van der Waals surface area contributed by atoms with Gasteiger partial charge >= 0.3 is 0 Å². The highest BCUT2D eigenvalue weighted by atomic mass is 16.5. The monoisotopic (exact) mass is 178 g/mol. The average molecular weight is 178 g/mol. The molecular weight excluding hydrogens is 164 g/mol. The molecule has 1 N–H and O–H groups in total. The summed E-state index contributed by atoms with van der Waals surface area (Å²) in [5.41, 5.74) is 1.20. The van der Waals surface area contributed by atoms with E-state index in [9.17, 15) is 0 Å². The lowest BCUT2D eigenvalue weighted by Gasteiger charge is -2.28. The summed E-state index contributed by atoms with van der Waals surface area (Å²) >= 11 is 0. The lowest BCUT2D eigenvalue weighted by Crippen LogP contribution is -2.40. The van der Waals surface area contributed by atoms with Gasteiger partial charge in [-0.05, 0) is 24.6 Å². The van der Waals surface area contributed by atoms with Gasteiger partial charge in [0.05, 0.1) is 12.7 Å². The van der Waals surface area contributed by atoms with Crippen molar-refractivity contribution in [2.24, 2.45) is 0 Å². The Morgan fingerprint density at radius 2 is 2.23 bits per heavy atom. The molecule has 0 aromatic carbocycles. The summed E-state index contributed by atoms with van der Waals surface area (Å²) in [6, 6.07) is 4.48.